The summed E-state index contributed by atoms with van der Waals surface area (Å²) in [6.07, 6.45) is 3.75. The molecule has 0 atom stereocenters. The van der Waals surface area contributed by atoms with Crippen LogP contribution in [-0.4, -0.2) is 43.1 Å². The maximum atomic E-state index is 13.6. The highest BCUT2D eigenvalue weighted by Gasteiger charge is 2.24. The van der Waals surface area contributed by atoms with Crippen molar-refractivity contribution in [1.82, 2.24) is 28.9 Å². The minimum absolute atomic E-state index is 0.0772. The Morgan fingerprint density at radius 3 is 2.68 bits per heavy atom. The lowest BCUT2D eigenvalue weighted by atomic mass is 10.1. The van der Waals surface area contributed by atoms with E-state index in [1.54, 1.807) is 47.7 Å². The Balaban J connectivity index is 1.77. The first-order valence-electron chi connectivity index (χ1n) is 11.7. The van der Waals surface area contributed by atoms with Crippen LogP contribution < -0.4 is 10.3 Å². The van der Waals surface area contributed by atoms with E-state index in [4.69, 9.17) is 11.6 Å². The first-order chi connectivity index (χ1) is 18.1. The summed E-state index contributed by atoms with van der Waals surface area (Å²) in [5.41, 5.74) is 2.64. The summed E-state index contributed by atoms with van der Waals surface area (Å²) in [7, 11) is -0.480. The number of nitrogens with one attached hydrogen (secondary N) is 1. The fraction of sp³-hybridized carbons (Fsp3) is 0.240. The highest BCUT2D eigenvalue weighted by molar-refractivity contribution is 7.92. The van der Waals surface area contributed by atoms with E-state index in [-0.39, 0.29) is 29.3 Å². The summed E-state index contributed by atoms with van der Waals surface area (Å²) in [5, 5.41) is 15.7. The van der Waals surface area contributed by atoms with Crippen LogP contribution in [-0.2, 0) is 30.7 Å². The van der Waals surface area contributed by atoms with Gasteiger partial charge in [-0.2, -0.15) is 15.3 Å². The molecule has 0 saturated heterocycles. The van der Waals surface area contributed by atoms with Crippen molar-refractivity contribution in [3.05, 3.63) is 69.2 Å². The Morgan fingerprint density at radius 1 is 1.18 bits per heavy atom. The number of pyridine rings is 1. The summed E-state index contributed by atoms with van der Waals surface area (Å²) >= 11 is 6.26. The molecule has 38 heavy (non-hydrogen) atoms. The van der Waals surface area contributed by atoms with Crippen molar-refractivity contribution in [2.45, 2.75) is 19.9 Å². The number of nitrogens with zero attached hydrogens (tertiary/aromatic N) is 7. The van der Waals surface area contributed by atoms with Gasteiger partial charge in [0.15, 0.2) is 5.65 Å². The van der Waals surface area contributed by atoms with E-state index < -0.39 is 15.6 Å². The van der Waals surface area contributed by atoms with Gasteiger partial charge >= 0.3 is 0 Å². The zero-order valence-electron chi connectivity index (χ0n) is 20.8. The summed E-state index contributed by atoms with van der Waals surface area (Å²) in [6.45, 7) is 1.98. The summed E-state index contributed by atoms with van der Waals surface area (Å²) < 4.78 is 31.8. The second-order valence-electron chi connectivity index (χ2n) is 8.89. The maximum absolute atomic E-state index is 13.6. The average molecular weight is 551 g/mol. The second kappa shape index (κ2) is 9.59. The molecule has 0 bridgehead atoms. The highest BCUT2D eigenvalue weighted by Crippen LogP contribution is 2.30. The molecule has 1 N–H and O–H groups in total. The predicted molar refractivity (Wildman–Crippen MR) is 145 cm³/mol. The minimum Gasteiger partial charge on any atom is -0.348 e. The van der Waals surface area contributed by atoms with Gasteiger partial charge in [0.1, 0.15) is 17.1 Å². The van der Waals surface area contributed by atoms with Crippen molar-refractivity contribution in [2.75, 3.05) is 10.5 Å². The maximum Gasteiger partial charge on any atom is 0.266 e. The van der Waals surface area contributed by atoms with Crippen molar-refractivity contribution >= 4 is 49.5 Å². The van der Waals surface area contributed by atoms with E-state index in [1.165, 1.54) is 7.05 Å². The van der Waals surface area contributed by atoms with E-state index in [0.717, 1.165) is 21.0 Å². The molecule has 0 radical (unpaired) electrons. The van der Waals surface area contributed by atoms with Crippen molar-refractivity contribution in [3.63, 3.8) is 0 Å². The van der Waals surface area contributed by atoms with Gasteiger partial charge in [-0.15, -0.1) is 0 Å². The minimum atomic E-state index is -3.70. The van der Waals surface area contributed by atoms with Crippen LogP contribution in [0.15, 0.2) is 47.5 Å². The summed E-state index contributed by atoms with van der Waals surface area (Å²) in [6, 6.07) is 11.0. The van der Waals surface area contributed by atoms with E-state index in [1.807, 2.05) is 18.2 Å². The molecule has 4 heterocycles. The molecule has 1 aromatic carbocycles. The number of sulfonamides is 1. The number of rotatable bonds is 7. The zero-order chi connectivity index (χ0) is 27.2. The lowest BCUT2D eigenvalue weighted by Crippen LogP contribution is -2.26. The average Bonchev–Trinajstić information content (AvgIpc) is 3.41. The molecule has 11 nitrogen and oxygen atoms in total. The van der Waals surface area contributed by atoms with Crippen LogP contribution in [0.1, 0.15) is 24.5 Å². The lowest BCUT2D eigenvalue weighted by molar-refractivity contribution is 0.599. The molecule has 0 aliphatic heterocycles. The number of hydrogen-bond donors (Lipinski definition) is 1. The number of halogens is 1. The van der Waals surface area contributed by atoms with Crippen LogP contribution in [0.4, 0.5) is 5.95 Å². The van der Waals surface area contributed by atoms with Gasteiger partial charge in [0.25, 0.3) is 5.56 Å². The van der Waals surface area contributed by atoms with Crippen molar-refractivity contribution in [1.29, 1.82) is 5.26 Å². The van der Waals surface area contributed by atoms with Gasteiger partial charge in [0.2, 0.25) is 16.0 Å². The first kappa shape index (κ1) is 25.4. The quantitative estimate of drug-likeness (QED) is 0.327. The van der Waals surface area contributed by atoms with Gasteiger partial charge in [-0.1, -0.05) is 18.5 Å². The highest BCUT2D eigenvalue weighted by atomic mass is 35.5. The zero-order valence-corrected chi connectivity index (χ0v) is 22.4. The number of benzene rings is 1. The fourth-order valence-corrected chi connectivity index (χ4v) is 5.70. The van der Waals surface area contributed by atoms with E-state index in [2.05, 4.69) is 25.9 Å². The molecule has 5 rings (SSSR count). The fourth-order valence-electron chi connectivity index (χ4n) is 4.42. The Morgan fingerprint density at radius 2 is 1.97 bits per heavy atom. The van der Waals surface area contributed by atoms with E-state index >= 15 is 0 Å². The standard InChI is InChI=1S/C25H23ClN8O3S/c1-4-9-38(36,37)31-25-29-23-21(24(35)33(25)3)22(20-10-15(12-27)13-32(20)2)34(30-23)14-16-7-8-28-19-6-5-17(26)11-18(16)19/h5-8,10-11,13H,4,9,14H2,1-3H3,(H,29,30,31). The van der Waals surface area contributed by atoms with Crippen LogP contribution in [0.3, 0.4) is 0 Å². The molecule has 5 aromatic rings. The molecule has 0 spiro atoms. The van der Waals surface area contributed by atoms with Crippen molar-refractivity contribution in [3.8, 4) is 17.5 Å². The predicted octanol–water partition coefficient (Wildman–Crippen LogP) is 3.41. The molecule has 194 valence electrons. The number of aryl methyl sites for hydroxylation is 1. The van der Waals surface area contributed by atoms with Gasteiger partial charge in [-0.3, -0.25) is 23.7 Å². The van der Waals surface area contributed by atoms with E-state index in [9.17, 15) is 18.5 Å². The number of anilines is 1. The second-order valence-corrected chi connectivity index (χ2v) is 11.2. The topological polar surface area (TPSA) is 140 Å². The summed E-state index contributed by atoms with van der Waals surface area (Å²) in [4.78, 5) is 22.5. The van der Waals surface area contributed by atoms with E-state index in [0.29, 0.717) is 28.4 Å². The third-order valence-electron chi connectivity index (χ3n) is 6.19. The Hall–Kier alpha value is -4.21. The molecule has 4 aromatic heterocycles. The molecule has 0 aliphatic rings. The lowest BCUT2D eigenvalue weighted by Gasteiger charge is -2.12. The molecule has 13 heteroatoms. The van der Waals surface area contributed by atoms with Gasteiger partial charge in [-0.25, -0.2) is 8.42 Å². The monoisotopic (exact) mass is 550 g/mol. The molecule has 0 fully saturated rings. The number of hydrogen-bond acceptors (Lipinski definition) is 7. The normalized spacial score (nSPS) is 11.8. The van der Waals surface area contributed by atoms with Crippen molar-refractivity contribution in [2.24, 2.45) is 14.1 Å². The summed E-state index contributed by atoms with van der Waals surface area (Å²) in [5.74, 6) is -0.239. The molecule has 0 unspecified atom stereocenters. The van der Waals surface area contributed by atoms with Crippen LogP contribution >= 0.6 is 11.6 Å². The van der Waals surface area contributed by atoms with Gasteiger partial charge in [-0.05, 0) is 42.3 Å². The van der Waals surface area contributed by atoms with Crippen molar-refractivity contribution < 1.29 is 8.42 Å². The Bertz CT molecular complexity index is 1930. The molecule has 0 saturated carbocycles. The first-order valence-corrected chi connectivity index (χ1v) is 13.7. The molecule has 0 aliphatic carbocycles. The van der Waals surface area contributed by atoms with Gasteiger partial charge in [0.05, 0.1) is 29.1 Å². The Kier molecular flexibility index (Phi) is 6.42. The van der Waals surface area contributed by atoms with Crippen LogP contribution in [0.25, 0.3) is 33.3 Å². The van der Waals surface area contributed by atoms with Crippen LogP contribution in [0, 0.1) is 11.3 Å². The largest absolute Gasteiger partial charge is 0.348 e. The third-order valence-corrected chi connectivity index (χ3v) is 7.87. The van der Waals surface area contributed by atoms with Crippen LogP contribution in [0.2, 0.25) is 5.02 Å². The van der Waals surface area contributed by atoms with Gasteiger partial charge in [0, 0.05) is 36.9 Å². The van der Waals surface area contributed by atoms with Gasteiger partial charge < -0.3 is 4.57 Å². The molecular weight excluding hydrogens is 528 g/mol. The third kappa shape index (κ3) is 4.51. The smallest absolute Gasteiger partial charge is 0.266 e. The van der Waals surface area contributed by atoms with Crippen LogP contribution in [0.5, 0.6) is 0 Å². The number of fused-ring (bicyclic) bond motifs is 2. The SMILES string of the molecule is CCCS(=O)(=O)Nc1nc2nn(Cc3ccnc4ccc(Cl)cc34)c(-c3cc(C#N)cn3C)c2c(=O)n1C. The molecule has 0 amide bonds. The molecular formula is C25H23ClN8O3S. The number of nitriles is 1. The number of aromatic nitrogens is 6. The Labute approximate surface area is 223 Å².